The summed E-state index contributed by atoms with van der Waals surface area (Å²) >= 11 is 0. The number of nitrogens with zero attached hydrogens (tertiary/aromatic N) is 3. The molecule has 1 saturated carbocycles. The molecule has 2 heterocycles. The standard InChI is InChI=1S/C10H12N4/c1-2-4-7(3-1)8-9-10(13-5-11-8)14-6-12-9/h5-7H,1-4H2,(H,11,12,13,14). The zero-order chi connectivity index (χ0) is 9.38. The van der Waals surface area contributed by atoms with Gasteiger partial charge in [-0.2, -0.15) is 0 Å². The van der Waals surface area contributed by atoms with Crippen molar-refractivity contribution >= 4 is 11.2 Å². The van der Waals surface area contributed by atoms with Crippen LogP contribution in [0.5, 0.6) is 0 Å². The van der Waals surface area contributed by atoms with E-state index in [1.807, 2.05) is 0 Å². The van der Waals surface area contributed by atoms with Crippen LogP contribution in [0, 0.1) is 0 Å². The van der Waals surface area contributed by atoms with Crippen LogP contribution in [0.2, 0.25) is 0 Å². The van der Waals surface area contributed by atoms with E-state index in [2.05, 4.69) is 19.9 Å². The molecule has 1 aliphatic carbocycles. The molecule has 0 aliphatic heterocycles. The lowest BCUT2D eigenvalue weighted by molar-refractivity contribution is 0.701. The second kappa shape index (κ2) is 3.04. The normalized spacial score (nSPS) is 18.0. The molecule has 72 valence electrons. The molecule has 0 radical (unpaired) electrons. The number of H-pyrrole nitrogens is 1. The van der Waals surface area contributed by atoms with Gasteiger partial charge in [0.25, 0.3) is 0 Å². The van der Waals surface area contributed by atoms with E-state index in [-0.39, 0.29) is 0 Å². The Labute approximate surface area is 81.8 Å². The van der Waals surface area contributed by atoms with Crippen LogP contribution in [-0.2, 0) is 0 Å². The Balaban J connectivity index is 2.14. The molecule has 0 saturated heterocycles. The molecule has 2 aromatic rings. The van der Waals surface area contributed by atoms with E-state index in [1.54, 1.807) is 12.7 Å². The Morgan fingerprint density at radius 2 is 2.00 bits per heavy atom. The number of nitrogens with one attached hydrogen (secondary N) is 1. The average Bonchev–Trinajstić information content (AvgIpc) is 2.88. The van der Waals surface area contributed by atoms with E-state index < -0.39 is 0 Å². The average molecular weight is 188 g/mol. The van der Waals surface area contributed by atoms with E-state index in [4.69, 9.17) is 0 Å². The number of aromatic amines is 1. The quantitative estimate of drug-likeness (QED) is 0.744. The fourth-order valence-corrected chi connectivity index (χ4v) is 2.29. The van der Waals surface area contributed by atoms with Gasteiger partial charge in [0.1, 0.15) is 11.8 Å². The van der Waals surface area contributed by atoms with Gasteiger partial charge in [-0.3, -0.25) is 0 Å². The fraction of sp³-hybridized carbons (Fsp3) is 0.500. The molecule has 14 heavy (non-hydrogen) atoms. The third-order valence-electron chi connectivity index (χ3n) is 2.99. The molecule has 0 spiro atoms. The van der Waals surface area contributed by atoms with Crippen molar-refractivity contribution in [1.29, 1.82) is 0 Å². The van der Waals surface area contributed by atoms with Crippen LogP contribution in [0.25, 0.3) is 11.2 Å². The van der Waals surface area contributed by atoms with Crippen LogP contribution >= 0.6 is 0 Å². The van der Waals surface area contributed by atoms with Crippen molar-refractivity contribution in [2.75, 3.05) is 0 Å². The first-order valence-electron chi connectivity index (χ1n) is 5.09. The molecule has 0 unspecified atom stereocenters. The lowest BCUT2D eigenvalue weighted by Crippen LogP contribution is -1.98. The minimum Gasteiger partial charge on any atom is -0.342 e. The summed E-state index contributed by atoms with van der Waals surface area (Å²) in [5.41, 5.74) is 2.98. The minimum absolute atomic E-state index is 0.612. The highest BCUT2D eigenvalue weighted by Gasteiger charge is 2.21. The van der Waals surface area contributed by atoms with Gasteiger partial charge in [0.05, 0.1) is 12.0 Å². The van der Waals surface area contributed by atoms with E-state index >= 15 is 0 Å². The highest BCUT2D eigenvalue weighted by molar-refractivity contribution is 5.72. The van der Waals surface area contributed by atoms with Gasteiger partial charge < -0.3 is 4.98 Å². The van der Waals surface area contributed by atoms with Gasteiger partial charge in [-0.1, -0.05) is 12.8 Å². The van der Waals surface area contributed by atoms with E-state index in [1.165, 1.54) is 25.7 Å². The number of hydrogen-bond donors (Lipinski definition) is 1. The van der Waals surface area contributed by atoms with Gasteiger partial charge in [-0.05, 0) is 12.8 Å². The Hall–Kier alpha value is -1.45. The SMILES string of the molecule is c1nc(C2CCCC2)c2[nH]cnc2n1. The van der Waals surface area contributed by atoms with Crippen LogP contribution in [0.3, 0.4) is 0 Å². The summed E-state index contributed by atoms with van der Waals surface area (Å²) in [6, 6.07) is 0. The van der Waals surface area contributed by atoms with Gasteiger partial charge in [0.15, 0.2) is 5.65 Å². The maximum Gasteiger partial charge on any atom is 0.180 e. The third-order valence-corrected chi connectivity index (χ3v) is 2.99. The molecule has 4 nitrogen and oxygen atoms in total. The summed E-state index contributed by atoms with van der Waals surface area (Å²) in [4.78, 5) is 15.8. The first-order valence-corrected chi connectivity index (χ1v) is 5.09. The minimum atomic E-state index is 0.612. The lowest BCUT2D eigenvalue weighted by Gasteiger charge is -2.07. The molecule has 1 aliphatic rings. The maximum atomic E-state index is 4.38. The zero-order valence-electron chi connectivity index (χ0n) is 7.90. The summed E-state index contributed by atoms with van der Waals surface area (Å²) in [7, 11) is 0. The molecule has 0 aromatic carbocycles. The topological polar surface area (TPSA) is 54.5 Å². The number of fused-ring (bicyclic) bond motifs is 1. The Morgan fingerprint density at radius 3 is 2.86 bits per heavy atom. The van der Waals surface area contributed by atoms with Gasteiger partial charge in [-0.25, -0.2) is 15.0 Å². The first-order chi connectivity index (χ1) is 6.95. The van der Waals surface area contributed by atoms with E-state index in [0.717, 1.165) is 16.9 Å². The summed E-state index contributed by atoms with van der Waals surface area (Å²) in [5, 5.41) is 0. The summed E-state index contributed by atoms with van der Waals surface area (Å²) in [6.07, 6.45) is 8.47. The highest BCUT2D eigenvalue weighted by atomic mass is 15.0. The Bertz CT molecular complexity index is 442. The van der Waals surface area contributed by atoms with E-state index in [9.17, 15) is 0 Å². The summed E-state index contributed by atoms with van der Waals surface area (Å²) < 4.78 is 0. The molecule has 0 bridgehead atoms. The first kappa shape index (κ1) is 7.91. The van der Waals surface area contributed by atoms with Crippen LogP contribution in [-0.4, -0.2) is 19.9 Å². The molecular formula is C10H12N4. The van der Waals surface area contributed by atoms with Crippen LogP contribution in [0.1, 0.15) is 37.3 Å². The smallest absolute Gasteiger partial charge is 0.180 e. The van der Waals surface area contributed by atoms with Crippen molar-refractivity contribution in [1.82, 2.24) is 19.9 Å². The molecule has 0 amide bonds. The highest BCUT2D eigenvalue weighted by Crippen LogP contribution is 2.34. The molecule has 1 N–H and O–H groups in total. The van der Waals surface area contributed by atoms with Crippen LogP contribution in [0.15, 0.2) is 12.7 Å². The Morgan fingerprint density at radius 1 is 1.14 bits per heavy atom. The molecule has 3 rings (SSSR count). The molecular weight excluding hydrogens is 176 g/mol. The van der Waals surface area contributed by atoms with E-state index in [0.29, 0.717) is 5.92 Å². The van der Waals surface area contributed by atoms with Crippen molar-refractivity contribution in [3.63, 3.8) is 0 Å². The van der Waals surface area contributed by atoms with Crippen molar-refractivity contribution in [2.45, 2.75) is 31.6 Å². The van der Waals surface area contributed by atoms with Gasteiger partial charge >= 0.3 is 0 Å². The molecule has 4 heteroatoms. The number of hydrogen-bond acceptors (Lipinski definition) is 3. The summed E-state index contributed by atoms with van der Waals surface area (Å²) in [6.45, 7) is 0. The van der Waals surface area contributed by atoms with Gasteiger partial charge in [0, 0.05) is 5.92 Å². The third kappa shape index (κ3) is 1.10. The largest absolute Gasteiger partial charge is 0.342 e. The van der Waals surface area contributed by atoms with Gasteiger partial charge in [0.2, 0.25) is 0 Å². The van der Waals surface area contributed by atoms with Crippen LogP contribution in [0.4, 0.5) is 0 Å². The zero-order valence-corrected chi connectivity index (χ0v) is 7.90. The number of rotatable bonds is 1. The van der Waals surface area contributed by atoms with Crippen molar-refractivity contribution < 1.29 is 0 Å². The monoisotopic (exact) mass is 188 g/mol. The Kier molecular flexibility index (Phi) is 1.72. The predicted molar refractivity (Wildman–Crippen MR) is 52.9 cm³/mol. The second-order valence-corrected chi connectivity index (χ2v) is 3.84. The lowest BCUT2D eigenvalue weighted by atomic mass is 10.0. The van der Waals surface area contributed by atoms with Gasteiger partial charge in [-0.15, -0.1) is 0 Å². The molecule has 2 aromatic heterocycles. The maximum absolute atomic E-state index is 4.38. The number of imidazole rings is 1. The number of aromatic nitrogens is 4. The molecule has 1 fully saturated rings. The van der Waals surface area contributed by atoms with Crippen LogP contribution < -0.4 is 0 Å². The predicted octanol–water partition coefficient (Wildman–Crippen LogP) is 2.01. The van der Waals surface area contributed by atoms with Crippen molar-refractivity contribution in [3.8, 4) is 0 Å². The second-order valence-electron chi connectivity index (χ2n) is 3.84. The van der Waals surface area contributed by atoms with Crippen molar-refractivity contribution in [3.05, 3.63) is 18.3 Å². The summed E-state index contributed by atoms with van der Waals surface area (Å²) in [5.74, 6) is 0.612. The van der Waals surface area contributed by atoms with Crippen molar-refractivity contribution in [2.24, 2.45) is 0 Å². The molecule has 0 atom stereocenters. The fourth-order valence-electron chi connectivity index (χ4n) is 2.29.